The Bertz CT molecular complexity index is 547. The van der Waals surface area contributed by atoms with E-state index in [0.717, 1.165) is 12.1 Å². The fourth-order valence-electron chi connectivity index (χ4n) is 2.24. The summed E-state index contributed by atoms with van der Waals surface area (Å²) in [5.74, 6) is -0.235. The number of hydrogen-bond donors (Lipinski definition) is 1. The molecule has 1 saturated heterocycles. The number of aromatic nitrogens is 1. The summed E-state index contributed by atoms with van der Waals surface area (Å²) < 4.78 is 0. The lowest BCUT2D eigenvalue weighted by molar-refractivity contribution is -0.140. The number of imide groups is 1. The lowest BCUT2D eigenvalue weighted by Crippen LogP contribution is -2.40. The van der Waals surface area contributed by atoms with Crippen molar-refractivity contribution < 1.29 is 9.59 Å². The summed E-state index contributed by atoms with van der Waals surface area (Å²) in [5.41, 5.74) is 0.972. The lowest BCUT2D eigenvalue weighted by Gasteiger charge is -2.21. The second-order valence-electron chi connectivity index (χ2n) is 6.55. The maximum atomic E-state index is 12.3. The van der Waals surface area contributed by atoms with E-state index in [1.165, 1.54) is 16.2 Å². The minimum atomic E-state index is -0.481. The maximum Gasteiger partial charge on any atom is 0.252 e. The molecule has 5 nitrogen and oxygen atoms in total. The Kier molecular flexibility index (Phi) is 4.37. The Labute approximate surface area is 129 Å². The van der Waals surface area contributed by atoms with Gasteiger partial charge in [-0.3, -0.25) is 14.5 Å². The molecule has 21 heavy (non-hydrogen) atoms. The van der Waals surface area contributed by atoms with Crippen LogP contribution in [-0.4, -0.2) is 33.8 Å². The molecule has 1 aliphatic heterocycles. The van der Waals surface area contributed by atoms with Crippen LogP contribution in [0.4, 0.5) is 5.13 Å². The van der Waals surface area contributed by atoms with Crippen LogP contribution < -0.4 is 5.32 Å². The highest BCUT2D eigenvalue weighted by atomic mass is 32.1. The number of rotatable bonds is 4. The number of carbonyl (C=O) groups is 2. The van der Waals surface area contributed by atoms with Gasteiger partial charge in [-0.2, -0.15) is 0 Å². The van der Waals surface area contributed by atoms with E-state index in [1.54, 1.807) is 0 Å². The Balaban J connectivity index is 2.09. The summed E-state index contributed by atoms with van der Waals surface area (Å²) in [6.45, 7) is 10.2. The molecule has 2 heterocycles. The molecule has 0 radical (unpaired) electrons. The van der Waals surface area contributed by atoms with E-state index in [-0.39, 0.29) is 29.7 Å². The zero-order chi connectivity index (χ0) is 15.8. The van der Waals surface area contributed by atoms with Crippen LogP contribution in [0, 0.1) is 0 Å². The third-order valence-corrected chi connectivity index (χ3v) is 4.56. The van der Waals surface area contributed by atoms with Gasteiger partial charge in [0.1, 0.15) is 6.04 Å². The van der Waals surface area contributed by atoms with Gasteiger partial charge in [0, 0.05) is 16.8 Å². The second kappa shape index (κ2) is 5.75. The molecule has 0 saturated carbocycles. The van der Waals surface area contributed by atoms with Crippen molar-refractivity contribution >= 4 is 28.3 Å². The minimum Gasteiger partial charge on any atom is -0.349 e. The summed E-state index contributed by atoms with van der Waals surface area (Å²) in [6, 6.07) is -0.524. The van der Waals surface area contributed by atoms with Gasteiger partial charge < -0.3 is 5.32 Å². The van der Waals surface area contributed by atoms with Crippen molar-refractivity contribution in [2.75, 3.05) is 5.32 Å². The highest BCUT2D eigenvalue weighted by Gasteiger charge is 2.40. The third-order valence-electron chi connectivity index (χ3n) is 3.78. The number of thiazole rings is 1. The molecule has 1 aliphatic rings. The first kappa shape index (κ1) is 15.9. The van der Waals surface area contributed by atoms with Gasteiger partial charge in [0.25, 0.3) is 5.91 Å². The number of nitrogens with one attached hydrogen (secondary N) is 1. The van der Waals surface area contributed by atoms with E-state index >= 15 is 0 Å². The molecule has 0 spiro atoms. The first-order valence-electron chi connectivity index (χ1n) is 7.32. The summed E-state index contributed by atoms with van der Waals surface area (Å²) >= 11 is 1.48. The fraction of sp³-hybridized carbons (Fsp3) is 0.667. The second-order valence-corrected chi connectivity index (χ2v) is 7.41. The van der Waals surface area contributed by atoms with Crippen LogP contribution >= 0.6 is 11.3 Å². The van der Waals surface area contributed by atoms with Gasteiger partial charge in [-0.25, -0.2) is 4.98 Å². The summed E-state index contributed by atoms with van der Waals surface area (Å²) in [4.78, 5) is 30.2. The highest BCUT2D eigenvalue weighted by molar-refractivity contribution is 7.13. The number of likely N-dealkylation sites (tertiary alicyclic amines) is 1. The average Bonchev–Trinajstić information content (AvgIpc) is 2.95. The van der Waals surface area contributed by atoms with E-state index in [0.29, 0.717) is 5.13 Å². The van der Waals surface area contributed by atoms with Crippen LogP contribution in [-0.2, 0) is 15.0 Å². The first-order chi connectivity index (χ1) is 9.74. The van der Waals surface area contributed by atoms with Crippen molar-refractivity contribution in [2.45, 2.75) is 65.0 Å². The van der Waals surface area contributed by atoms with Gasteiger partial charge in [0.2, 0.25) is 5.91 Å². The Morgan fingerprint density at radius 2 is 2.14 bits per heavy atom. The van der Waals surface area contributed by atoms with Crippen molar-refractivity contribution in [3.63, 3.8) is 0 Å². The van der Waals surface area contributed by atoms with Crippen LogP contribution in [0.5, 0.6) is 0 Å². The van der Waals surface area contributed by atoms with Crippen LogP contribution in [0.3, 0.4) is 0 Å². The molecule has 6 heteroatoms. The molecule has 2 rings (SSSR count). The number of nitrogens with zero attached hydrogens (tertiary/aromatic N) is 2. The molecular weight excluding hydrogens is 286 g/mol. The monoisotopic (exact) mass is 309 g/mol. The Morgan fingerprint density at radius 1 is 1.48 bits per heavy atom. The quantitative estimate of drug-likeness (QED) is 0.869. The normalized spacial score (nSPS) is 21.0. The highest BCUT2D eigenvalue weighted by Crippen LogP contribution is 2.28. The topological polar surface area (TPSA) is 62.3 Å². The number of amides is 2. The standard InChI is InChI=1S/C15H23N3O2S/c1-6-9(2)18-12(19)7-10(13(18)20)16-14-17-11(8-21-14)15(3,4)5/h8-10H,6-7H2,1-5H3,(H,16,17). The van der Waals surface area contributed by atoms with Gasteiger partial charge >= 0.3 is 0 Å². The smallest absolute Gasteiger partial charge is 0.252 e. The molecule has 1 aromatic heterocycles. The predicted octanol–water partition coefficient (Wildman–Crippen LogP) is 2.78. The summed E-state index contributed by atoms with van der Waals surface area (Å²) in [6.07, 6.45) is 0.989. The van der Waals surface area contributed by atoms with Crippen molar-refractivity contribution in [1.29, 1.82) is 0 Å². The van der Waals surface area contributed by atoms with Crippen molar-refractivity contribution in [1.82, 2.24) is 9.88 Å². The molecule has 2 amide bonds. The molecule has 116 valence electrons. The van der Waals surface area contributed by atoms with E-state index in [4.69, 9.17) is 0 Å². The molecule has 1 N–H and O–H groups in total. The maximum absolute atomic E-state index is 12.3. The SMILES string of the molecule is CCC(C)N1C(=O)CC(Nc2nc(C(C)(C)C)cs2)C1=O. The summed E-state index contributed by atoms with van der Waals surface area (Å²) in [5, 5.41) is 5.82. The molecule has 0 aliphatic carbocycles. The van der Waals surface area contributed by atoms with E-state index in [1.807, 2.05) is 19.2 Å². The van der Waals surface area contributed by atoms with E-state index in [9.17, 15) is 9.59 Å². The van der Waals surface area contributed by atoms with Gasteiger partial charge in [0.15, 0.2) is 5.13 Å². The third kappa shape index (κ3) is 3.26. The average molecular weight is 309 g/mol. The van der Waals surface area contributed by atoms with Gasteiger partial charge in [-0.1, -0.05) is 27.7 Å². The Morgan fingerprint density at radius 3 is 2.67 bits per heavy atom. The van der Waals surface area contributed by atoms with Crippen molar-refractivity contribution in [3.05, 3.63) is 11.1 Å². The summed E-state index contributed by atoms with van der Waals surface area (Å²) in [7, 11) is 0. The van der Waals surface area contributed by atoms with Gasteiger partial charge in [0.05, 0.1) is 12.1 Å². The molecule has 2 unspecified atom stereocenters. The zero-order valence-corrected chi connectivity index (χ0v) is 14.1. The number of carbonyl (C=O) groups excluding carboxylic acids is 2. The molecule has 2 atom stereocenters. The molecule has 0 bridgehead atoms. The van der Waals surface area contributed by atoms with E-state index < -0.39 is 6.04 Å². The largest absolute Gasteiger partial charge is 0.349 e. The van der Waals surface area contributed by atoms with Crippen molar-refractivity contribution in [2.24, 2.45) is 0 Å². The van der Waals surface area contributed by atoms with Crippen LogP contribution in [0.1, 0.15) is 53.2 Å². The molecule has 0 aromatic carbocycles. The predicted molar refractivity (Wildman–Crippen MR) is 84.4 cm³/mol. The van der Waals surface area contributed by atoms with Crippen molar-refractivity contribution in [3.8, 4) is 0 Å². The molecule has 1 fully saturated rings. The minimum absolute atomic E-state index is 0.0192. The Hall–Kier alpha value is -1.43. The number of hydrogen-bond acceptors (Lipinski definition) is 5. The van der Waals surface area contributed by atoms with Crippen LogP contribution in [0.2, 0.25) is 0 Å². The van der Waals surface area contributed by atoms with Gasteiger partial charge in [-0.15, -0.1) is 11.3 Å². The molecular formula is C15H23N3O2S. The molecule has 1 aromatic rings. The van der Waals surface area contributed by atoms with E-state index in [2.05, 4.69) is 31.1 Å². The first-order valence-corrected chi connectivity index (χ1v) is 8.20. The zero-order valence-electron chi connectivity index (χ0n) is 13.3. The lowest BCUT2D eigenvalue weighted by atomic mass is 9.93. The van der Waals surface area contributed by atoms with Crippen LogP contribution in [0.15, 0.2) is 5.38 Å². The van der Waals surface area contributed by atoms with Crippen LogP contribution in [0.25, 0.3) is 0 Å². The fourth-order valence-corrected chi connectivity index (χ4v) is 3.23. The van der Waals surface area contributed by atoms with Gasteiger partial charge in [-0.05, 0) is 13.3 Å². The number of anilines is 1.